The molecule has 8 heteroatoms. The van der Waals surface area contributed by atoms with Crippen molar-refractivity contribution < 1.29 is 13.9 Å². The molecule has 0 spiro atoms. The molecular weight excluding hydrogens is 874 g/mol. The van der Waals surface area contributed by atoms with E-state index in [-0.39, 0.29) is 24.1 Å². The van der Waals surface area contributed by atoms with Gasteiger partial charge in [-0.2, -0.15) is 0 Å². The number of esters is 1. The van der Waals surface area contributed by atoms with E-state index in [1.165, 1.54) is 10.6 Å². The van der Waals surface area contributed by atoms with Crippen molar-refractivity contribution in [3.05, 3.63) is 277 Å². The lowest BCUT2D eigenvalue weighted by Gasteiger charge is -2.50. The number of aryl methyl sites for hydroxylation is 1. The van der Waals surface area contributed by atoms with E-state index in [4.69, 9.17) is 4.74 Å². The van der Waals surface area contributed by atoms with Crippen LogP contribution >= 0.6 is 11.3 Å². The minimum atomic E-state index is -0.827. The average Bonchev–Trinajstić information content (AvgIpc) is 4.16. The number of fused-ring (bicyclic) bond motifs is 2. The van der Waals surface area contributed by atoms with E-state index >= 15 is 4.39 Å². The van der Waals surface area contributed by atoms with Crippen molar-refractivity contribution in [2.45, 2.75) is 56.3 Å². The van der Waals surface area contributed by atoms with Gasteiger partial charge < -0.3 is 4.74 Å². The van der Waals surface area contributed by atoms with Crippen molar-refractivity contribution in [1.29, 1.82) is 0 Å². The number of nitrogens with one attached hydrogen (secondary N) is 1. The van der Waals surface area contributed by atoms with Crippen LogP contribution in [0.3, 0.4) is 0 Å². The van der Waals surface area contributed by atoms with Crippen molar-refractivity contribution in [2.75, 3.05) is 13.2 Å². The monoisotopic (exact) mass is 925 g/mol. The van der Waals surface area contributed by atoms with Crippen molar-refractivity contribution in [1.82, 2.24) is 14.6 Å². The van der Waals surface area contributed by atoms with Gasteiger partial charge in [-0.3, -0.25) is 19.4 Å². The maximum absolute atomic E-state index is 17.3. The highest BCUT2D eigenvalue weighted by Crippen LogP contribution is 2.51. The third-order valence-corrected chi connectivity index (χ3v) is 15.4. The van der Waals surface area contributed by atoms with Crippen LogP contribution in [0.5, 0.6) is 0 Å². The highest BCUT2D eigenvalue weighted by molar-refractivity contribution is 7.15. The molecule has 4 heterocycles. The topological polar surface area (TPSA) is 63.1 Å². The van der Waals surface area contributed by atoms with Gasteiger partial charge in [-0.15, -0.1) is 11.3 Å². The summed E-state index contributed by atoms with van der Waals surface area (Å²) in [5, 5.41) is 4.40. The highest BCUT2D eigenvalue weighted by Gasteiger charge is 2.48. The molecule has 1 fully saturated rings. The molecule has 6 aromatic carbocycles. The van der Waals surface area contributed by atoms with Crippen LogP contribution in [-0.2, 0) is 22.4 Å². The molecule has 0 radical (unpaired) electrons. The van der Waals surface area contributed by atoms with Crippen LogP contribution in [0.25, 0.3) is 16.0 Å². The highest BCUT2D eigenvalue weighted by atomic mass is 32.1. The fourth-order valence-corrected chi connectivity index (χ4v) is 12.4. The number of hydrogen-bond acceptors (Lipinski definition) is 6. The number of halogens is 1. The number of carbonyl (C=O) groups is 1. The van der Waals surface area contributed by atoms with Crippen LogP contribution in [-0.4, -0.2) is 28.4 Å². The van der Waals surface area contributed by atoms with Crippen molar-refractivity contribution in [2.24, 2.45) is 0 Å². The second-order valence-electron chi connectivity index (χ2n) is 18.2. The molecule has 1 atom stereocenters. The molecule has 1 aliphatic carbocycles. The van der Waals surface area contributed by atoms with Gasteiger partial charge in [0.25, 0.3) is 5.56 Å². The van der Waals surface area contributed by atoms with Gasteiger partial charge in [-0.25, -0.2) is 9.18 Å². The molecule has 69 heavy (non-hydrogen) atoms. The Balaban J connectivity index is 1.17. The Labute approximate surface area is 406 Å². The molecule has 1 unspecified atom stereocenters. The number of rotatable bonds is 13. The van der Waals surface area contributed by atoms with Gasteiger partial charge in [0.2, 0.25) is 0 Å². The fraction of sp³-hybridized carbons (Fsp3) is 0.180. The summed E-state index contributed by atoms with van der Waals surface area (Å²) in [6.45, 7) is 4.91. The van der Waals surface area contributed by atoms with Crippen molar-refractivity contribution in [3.63, 3.8) is 0 Å². The Morgan fingerprint density at radius 2 is 1.14 bits per heavy atom. The summed E-state index contributed by atoms with van der Waals surface area (Å²) in [6.07, 6.45) is 3.14. The molecule has 2 aliphatic rings. The number of aromatic nitrogens is 1. The van der Waals surface area contributed by atoms with E-state index in [0.29, 0.717) is 29.7 Å². The average molecular weight is 926 g/mol. The molecule has 6 nitrogen and oxygen atoms in total. The molecule has 1 saturated carbocycles. The Morgan fingerprint density at radius 3 is 1.59 bits per heavy atom. The predicted octanol–water partition coefficient (Wildman–Crippen LogP) is 13.0. The van der Waals surface area contributed by atoms with E-state index in [0.717, 1.165) is 67.1 Å². The maximum Gasteiger partial charge on any atom is 0.343 e. The number of thiophene rings is 1. The molecule has 0 amide bonds. The lowest BCUT2D eigenvalue weighted by Crippen LogP contribution is -2.55. The maximum atomic E-state index is 17.3. The van der Waals surface area contributed by atoms with Gasteiger partial charge in [-0.1, -0.05) is 182 Å². The SMILES string of the molecule is CCOC(=O)c1cc(C2CC2)c2c(C)c(-c3cc4c(s3)CN(C(c3ccccc3)(c3ccccc3)c3ccccc3)CC4NC(c3ccccc3)(c3ccccc3)c3ccccc3)c(F)cn2c1=O. The van der Waals surface area contributed by atoms with Crippen LogP contribution in [0.2, 0.25) is 0 Å². The molecule has 0 bridgehead atoms. The van der Waals surface area contributed by atoms with Gasteiger partial charge in [-0.05, 0) is 94.8 Å². The molecule has 3 aromatic heterocycles. The number of carbonyl (C=O) groups excluding carboxylic acids is 1. The second kappa shape index (κ2) is 18.4. The van der Waals surface area contributed by atoms with Gasteiger partial charge in [0, 0.05) is 40.6 Å². The summed E-state index contributed by atoms with van der Waals surface area (Å²) in [5.74, 6) is -1.05. The lowest BCUT2D eigenvalue weighted by molar-refractivity contribution is 0.0524. The van der Waals surface area contributed by atoms with Gasteiger partial charge >= 0.3 is 5.97 Å². The first-order valence-corrected chi connectivity index (χ1v) is 24.7. The van der Waals surface area contributed by atoms with E-state index in [1.807, 2.05) is 6.92 Å². The fourth-order valence-electron chi connectivity index (χ4n) is 11.1. The van der Waals surface area contributed by atoms with Crippen LogP contribution < -0.4 is 10.9 Å². The third-order valence-electron chi connectivity index (χ3n) is 14.2. The van der Waals surface area contributed by atoms with Crippen LogP contribution in [0.15, 0.2) is 205 Å². The Hall–Kier alpha value is -7.23. The molecule has 1 N–H and O–H groups in total. The quantitative estimate of drug-likeness (QED) is 0.0922. The minimum Gasteiger partial charge on any atom is -0.462 e. The van der Waals surface area contributed by atoms with Crippen LogP contribution in [0.4, 0.5) is 4.39 Å². The summed E-state index contributed by atoms with van der Waals surface area (Å²) < 4.78 is 24.0. The first kappa shape index (κ1) is 44.3. The molecule has 11 rings (SSSR count). The number of ether oxygens (including phenoxy) is 1. The van der Waals surface area contributed by atoms with E-state index in [9.17, 15) is 9.59 Å². The normalized spacial score (nSPS) is 15.2. The number of benzene rings is 6. The summed E-state index contributed by atoms with van der Waals surface area (Å²) in [4.78, 5) is 31.7. The molecule has 342 valence electrons. The van der Waals surface area contributed by atoms with Crippen molar-refractivity contribution in [3.8, 4) is 10.4 Å². The smallest absolute Gasteiger partial charge is 0.343 e. The van der Waals surface area contributed by atoms with E-state index in [1.54, 1.807) is 24.3 Å². The first-order chi connectivity index (χ1) is 33.8. The third kappa shape index (κ3) is 7.64. The first-order valence-electron chi connectivity index (χ1n) is 23.9. The van der Waals surface area contributed by atoms with E-state index in [2.05, 4.69) is 198 Å². The summed E-state index contributed by atoms with van der Waals surface area (Å²) in [5.41, 5.74) is 8.22. The number of nitrogens with zero attached hydrogens (tertiary/aromatic N) is 2. The van der Waals surface area contributed by atoms with Gasteiger partial charge in [0.15, 0.2) is 0 Å². The van der Waals surface area contributed by atoms with Crippen molar-refractivity contribution >= 4 is 22.8 Å². The molecule has 9 aromatic rings. The van der Waals surface area contributed by atoms with Gasteiger partial charge in [0.05, 0.1) is 23.2 Å². The number of pyridine rings is 2. The lowest BCUT2D eigenvalue weighted by atomic mass is 9.73. The second-order valence-corrected chi connectivity index (χ2v) is 19.4. The molecule has 0 saturated heterocycles. The molecular formula is C61H52FN3O3S. The zero-order chi connectivity index (χ0) is 47.1. The summed E-state index contributed by atoms with van der Waals surface area (Å²) in [6, 6.07) is 68.0. The van der Waals surface area contributed by atoms with E-state index < -0.39 is 28.4 Å². The Kier molecular flexibility index (Phi) is 11.8. The predicted molar refractivity (Wildman–Crippen MR) is 274 cm³/mol. The number of hydrogen-bond donors (Lipinski definition) is 1. The zero-order valence-electron chi connectivity index (χ0n) is 38.6. The van der Waals surface area contributed by atoms with Gasteiger partial charge in [0.1, 0.15) is 11.4 Å². The standard InChI is InChI=1S/C61H52FN3O3S/c1-3-68-59(67)51-36-49(42-34-35-42)57-41(2)56(52(62)38-65(57)58(51)66)54-37-50-53(63-60(43-22-10-4-11-23-43,44-24-12-5-13-25-44)45-26-14-6-15-27-45)39-64(40-55(50)69-54)61(46-28-16-7-17-29-46,47-30-18-8-19-31-47)48-32-20-9-21-33-48/h4-33,36-38,42,53,63H,3,34-35,39-40H2,1-2H3. The zero-order valence-corrected chi connectivity index (χ0v) is 39.5. The largest absolute Gasteiger partial charge is 0.462 e. The summed E-state index contributed by atoms with van der Waals surface area (Å²) in [7, 11) is 0. The minimum absolute atomic E-state index is 0.0686. The summed E-state index contributed by atoms with van der Waals surface area (Å²) >= 11 is 1.61. The Bertz CT molecular complexity index is 3150. The molecule has 1 aliphatic heterocycles. The Morgan fingerprint density at radius 1 is 0.681 bits per heavy atom. The van der Waals surface area contributed by atoms with Crippen LogP contribution in [0, 0.1) is 12.7 Å². The van der Waals surface area contributed by atoms with Crippen LogP contribution in [0.1, 0.15) is 97.0 Å².